The molecule has 1 heterocycles. The van der Waals surface area contributed by atoms with Crippen LogP contribution >= 0.6 is 23.2 Å². The number of nitriles is 1. The Morgan fingerprint density at radius 3 is 2.50 bits per heavy atom. The molecule has 0 radical (unpaired) electrons. The monoisotopic (exact) mass is 384 g/mol. The van der Waals surface area contributed by atoms with E-state index in [2.05, 4.69) is 44.9 Å². The fourth-order valence-electron chi connectivity index (χ4n) is 3.68. The van der Waals surface area contributed by atoms with Crippen molar-refractivity contribution in [1.29, 1.82) is 5.26 Å². The third-order valence-corrected chi connectivity index (χ3v) is 5.91. The molecule has 0 fully saturated rings. The number of rotatable bonds is 2. The van der Waals surface area contributed by atoms with Gasteiger partial charge in [0.25, 0.3) is 0 Å². The summed E-state index contributed by atoms with van der Waals surface area (Å²) in [6.45, 7) is 6.75. The Morgan fingerprint density at radius 1 is 1.23 bits per heavy atom. The number of hydrogen-bond acceptors (Lipinski definition) is 2. The van der Waals surface area contributed by atoms with Crippen LogP contribution in [-0.4, -0.2) is 12.6 Å². The van der Waals surface area contributed by atoms with Crippen molar-refractivity contribution < 1.29 is 0 Å². The molecule has 26 heavy (non-hydrogen) atoms. The number of benzene rings is 2. The summed E-state index contributed by atoms with van der Waals surface area (Å²) in [4.78, 5) is 2.30. The summed E-state index contributed by atoms with van der Waals surface area (Å²) in [6, 6.07) is 13.7. The molecular weight excluding hydrogens is 363 g/mol. The fraction of sp³-hybridized carbons (Fsp3) is 0.318. The van der Waals surface area contributed by atoms with E-state index < -0.39 is 0 Å². The molecule has 2 aromatic carbocycles. The molecule has 0 amide bonds. The Morgan fingerprint density at radius 2 is 1.88 bits per heavy atom. The van der Waals surface area contributed by atoms with Crippen LogP contribution in [0.25, 0.3) is 11.6 Å². The third-order valence-electron chi connectivity index (χ3n) is 5.33. The zero-order chi connectivity index (χ0) is 19.1. The predicted molar refractivity (Wildman–Crippen MR) is 112 cm³/mol. The maximum absolute atomic E-state index is 9.60. The number of nitrogens with zero attached hydrogens (tertiary/aromatic N) is 2. The summed E-state index contributed by atoms with van der Waals surface area (Å²) in [5.74, 6) is 0.432. The average molecular weight is 385 g/mol. The molecule has 3 rings (SSSR count). The third kappa shape index (κ3) is 3.47. The van der Waals surface area contributed by atoms with Crippen molar-refractivity contribution in [2.24, 2.45) is 0 Å². The lowest BCUT2D eigenvalue weighted by Gasteiger charge is -2.45. The second-order valence-electron chi connectivity index (χ2n) is 7.59. The molecule has 0 spiro atoms. The number of anilines is 1. The van der Waals surface area contributed by atoms with E-state index in [4.69, 9.17) is 23.2 Å². The molecule has 0 saturated carbocycles. The maximum atomic E-state index is 9.60. The Hall–Kier alpha value is -1.95. The lowest BCUT2D eigenvalue weighted by molar-refractivity contribution is 0.395. The van der Waals surface area contributed by atoms with Gasteiger partial charge in [-0.3, -0.25) is 0 Å². The fourth-order valence-corrected chi connectivity index (χ4v) is 4.02. The summed E-state index contributed by atoms with van der Waals surface area (Å²) in [6.07, 6.45) is 2.93. The zero-order valence-electron chi connectivity index (χ0n) is 15.5. The van der Waals surface area contributed by atoms with Crippen LogP contribution in [-0.2, 0) is 0 Å². The van der Waals surface area contributed by atoms with Crippen LogP contribution in [0.5, 0.6) is 0 Å². The Kier molecular flexibility index (Phi) is 5.06. The highest BCUT2D eigenvalue weighted by atomic mass is 35.5. The normalized spacial score (nSPS) is 19.0. The highest BCUT2D eigenvalue weighted by Crippen LogP contribution is 2.44. The van der Waals surface area contributed by atoms with Crippen LogP contribution in [0.15, 0.2) is 36.4 Å². The van der Waals surface area contributed by atoms with Gasteiger partial charge in [0.1, 0.15) is 0 Å². The summed E-state index contributed by atoms with van der Waals surface area (Å²) in [7, 11) is 2.12. The van der Waals surface area contributed by atoms with Gasteiger partial charge in [-0.05, 0) is 73.2 Å². The first-order valence-electron chi connectivity index (χ1n) is 8.68. The molecule has 2 aromatic rings. The SMILES string of the molecule is CC1CC(C)(C)N(C)c2cc(Cl)c(/C=C(/C#N)c3ccc(Cl)cc3)cc21. The van der Waals surface area contributed by atoms with Crippen molar-refractivity contribution in [3.63, 3.8) is 0 Å². The second kappa shape index (κ2) is 6.99. The number of fused-ring (bicyclic) bond motifs is 1. The summed E-state index contributed by atoms with van der Waals surface area (Å²) in [5.41, 5.74) is 4.81. The van der Waals surface area contributed by atoms with Crippen molar-refractivity contribution in [2.45, 2.75) is 38.6 Å². The van der Waals surface area contributed by atoms with E-state index in [9.17, 15) is 5.26 Å². The molecule has 2 nitrogen and oxygen atoms in total. The number of hydrogen-bond donors (Lipinski definition) is 0. The van der Waals surface area contributed by atoms with E-state index in [-0.39, 0.29) is 5.54 Å². The van der Waals surface area contributed by atoms with Crippen molar-refractivity contribution in [3.8, 4) is 6.07 Å². The zero-order valence-corrected chi connectivity index (χ0v) is 17.0. The van der Waals surface area contributed by atoms with Gasteiger partial charge >= 0.3 is 0 Å². The topological polar surface area (TPSA) is 27.0 Å². The van der Waals surface area contributed by atoms with Gasteiger partial charge in [-0.15, -0.1) is 0 Å². The molecule has 0 N–H and O–H groups in total. The Labute approximate surface area is 165 Å². The molecule has 4 heteroatoms. The lowest BCUT2D eigenvalue weighted by Crippen LogP contribution is -2.45. The van der Waals surface area contributed by atoms with E-state index in [0.717, 1.165) is 17.5 Å². The van der Waals surface area contributed by atoms with Crippen LogP contribution in [0.2, 0.25) is 10.0 Å². The van der Waals surface area contributed by atoms with E-state index in [1.54, 1.807) is 12.1 Å². The number of halogens is 2. The first-order valence-corrected chi connectivity index (χ1v) is 9.43. The van der Waals surface area contributed by atoms with E-state index >= 15 is 0 Å². The molecule has 0 aromatic heterocycles. The molecule has 1 aliphatic rings. The van der Waals surface area contributed by atoms with Crippen LogP contribution in [0.1, 0.15) is 49.8 Å². The Balaban J connectivity index is 2.08. The Bertz CT molecular complexity index is 905. The minimum atomic E-state index is 0.0915. The first kappa shape index (κ1) is 18.8. The molecule has 0 aliphatic carbocycles. The van der Waals surface area contributed by atoms with Gasteiger partial charge in [0.2, 0.25) is 0 Å². The van der Waals surface area contributed by atoms with Crippen molar-refractivity contribution in [3.05, 3.63) is 63.1 Å². The standard InChI is InChI=1S/C22H22Cl2N2/c1-14-12-22(2,3)26(4)21-11-20(24)16(10-19(14)21)9-17(13-25)15-5-7-18(23)8-6-15/h5-11,14H,12H2,1-4H3/b17-9-. The van der Waals surface area contributed by atoms with Crippen LogP contribution in [0.3, 0.4) is 0 Å². The van der Waals surface area contributed by atoms with E-state index in [0.29, 0.717) is 21.5 Å². The molecule has 1 aliphatic heterocycles. The van der Waals surface area contributed by atoms with Gasteiger partial charge in [0.05, 0.1) is 11.6 Å². The summed E-state index contributed by atoms with van der Waals surface area (Å²) >= 11 is 12.5. The van der Waals surface area contributed by atoms with Gasteiger partial charge < -0.3 is 4.90 Å². The predicted octanol–water partition coefficient (Wildman–Crippen LogP) is 6.78. The van der Waals surface area contributed by atoms with Gasteiger partial charge in [-0.25, -0.2) is 0 Å². The van der Waals surface area contributed by atoms with Gasteiger partial charge in [0.15, 0.2) is 0 Å². The molecule has 134 valence electrons. The van der Waals surface area contributed by atoms with Crippen molar-refractivity contribution in [2.75, 3.05) is 11.9 Å². The minimum Gasteiger partial charge on any atom is -0.369 e. The largest absolute Gasteiger partial charge is 0.369 e. The second-order valence-corrected chi connectivity index (χ2v) is 8.43. The van der Waals surface area contributed by atoms with Crippen LogP contribution in [0, 0.1) is 11.3 Å². The van der Waals surface area contributed by atoms with Gasteiger partial charge in [-0.1, -0.05) is 42.3 Å². The van der Waals surface area contributed by atoms with Crippen LogP contribution < -0.4 is 4.90 Å². The highest BCUT2D eigenvalue weighted by molar-refractivity contribution is 6.32. The van der Waals surface area contributed by atoms with Gasteiger partial charge in [0, 0.05) is 28.3 Å². The molecule has 1 unspecified atom stereocenters. The van der Waals surface area contributed by atoms with E-state index in [1.165, 1.54) is 11.3 Å². The van der Waals surface area contributed by atoms with E-state index in [1.807, 2.05) is 24.3 Å². The van der Waals surface area contributed by atoms with Crippen molar-refractivity contribution >= 4 is 40.5 Å². The summed E-state index contributed by atoms with van der Waals surface area (Å²) < 4.78 is 0. The minimum absolute atomic E-state index is 0.0915. The maximum Gasteiger partial charge on any atom is 0.0998 e. The molecule has 0 saturated heterocycles. The number of allylic oxidation sites excluding steroid dienone is 1. The lowest BCUT2D eigenvalue weighted by atomic mass is 9.80. The quantitative estimate of drug-likeness (QED) is 0.421. The average Bonchev–Trinajstić information content (AvgIpc) is 2.59. The molecular formula is C22H22Cl2N2. The first-order chi connectivity index (χ1) is 12.2. The highest BCUT2D eigenvalue weighted by Gasteiger charge is 2.34. The van der Waals surface area contributed by atoms with Crippen molar-refractivity contribution in [1.82, 2.24) is 0 Å². The smallest absolute Gasteiger partial charge is 0.0998 e. The summed E-state index contributed by atoms with van der Waals surface area (Å²) in [5, 5.41) is 10.9. The van der Waals surface area contributed by atoms with Gasteiger partial charge in [-0.2, -0.15) is 5.26 Å². The van der Waals surface area contributed by atoms with Crippen LogP contribution in [0.4, 0.5) is 5.69 Å². The molecule has 0 bridgehead atoms. The molecule has 1 atom stereocenters.